The predicted octanol–water partition coefficient (Wildman–Crippen LogP) is 8.89. The molecular formula is C25H44OS2. The Morgan fingerprint density at radius 3 is 1.64 bits per heavy atom. The van der Waals surface area contributed by atoms with Crippen LogP contribution in [0.4, 0.5) is 0 Å². The maximum Gasteiger partial charge on any atom is 0.119 e. The van der Waals surface area contributed by atoms with Crippen molar-refractivity contribution in [2.45, 2.75) is 109 Å². The fourth-order valence-corrected chi connectivity index (χ4v) is 5.48. The lowest BCUT2D eigenvalue weighted by molar-refractivity contribution is 0.470. The number of unbranched alkanes of at least 4 members (excludes halogenated alkanes) is 10. The van der Waals surface area contributed by atoms with Crippen LogP contribution in [0.25, 0.3) is 0 Å². The topological polar surface area (TPSA) is 20.2 Å². The lowest BCUT2D eigenvalue weighted by Crippen LogP contribution is -1.93. The summed E-state index contributed by atoms with van der Waals surface area (Å²) in [4.78, 5) is 0. The third kappa shape index (κ3) is 12.3. The molecule has 0 aliphatic rings. The van der Waals surface area contributed by atoms with Gasteiger partial charge in [0.2, 0.25) is 0 Å². The second-order valence-corrected chi connectivity index (χ2v) is 10.3. The van der Waals surface area contributed by atoms with E-state index in [0.29, 0.717) is 5.75 Å². The number of aromatic hydroxyl groups is 1. The van der Waals surface area contributed by atoms with E-state index in [0.717, 1.165) is 17.1 Å². The summed E-state index contributed by atoms with van der Waals surface area (Å²) in [5.74, 6) is 4.97. The molecule has 1 nitrogen and oxygen atoms in total. The summed E-state index contributed by atoms with van der Waals surface area (Å²) >= 11 is 4.03. The summed E-state index contributed by atoms with van der Waals surface area (Å²) in [5.41, 5.74) is 3.76. The fourth-order valence-electron chi connectivity index (χ4n) is 3.39. The minimum atomic E-state index is 0.484. The maximum absolute atomic E-state index is 10.3. The van der Waals surface area contributed by atoms with Gasteiger partial charge in [0.05, 0.1) is 0 Å². The van der Waals surface area contributed by atoms with Crippen molar-refractivity contribution in [2.24, 2.45) is 0 Å². The lowest BCUT2D eigenvalue weighted by Gasteiger charge is -2.11. The van der Waals surface area contributed by atoms with E-state index < -0.39 is 0 Å². The molecule has 0 spiro atoms. The summed E-state index contributed by atoms with van der Waals surface area (Å²) in [5, 5.41) is 10.3. The van der Waals surface area contributed by atoms with Gasteiger partial charge in [-0.25, -0.2) is 0 Å². The average Bonchev–Trinajstić information content (AvgIpc) is 2.68. The monoisotopic (exact) mass is 424 g/mol. The Morgan fingerprint density at radius 1 is 0.643 bits per heavy atom. The first-order valence-electron chi connectivity index (χ1n) is 11.7. The van der Waals surface area contributed by atoms with Crippen LogP contribution < -0.4 is 0 Å². The molecule has 0 aliphatic heterocycles. The zero-order valence-corrected chi connectivity index (χ0v) is 20.4. The molecule has 0 aromatic heterocycles. The van der Waals surface area contributed by atoms with Crippen LogP contribution in [0.15, 0.2) is 12.1 Å². The molecular weight excluding hydrogens is 380 g/mol. The number of thioether (sulfide) groups is 2. The molecule has 0 aliphatic carbocycles. The first kappa shape index (κ1) is 25.8. The van der Waals surface area contributed by atoms with E-state index in [4.69, 9.17) is 0 Å². The van der Waals surface area contributed by atoms with Gasteiger partial charge in [0.1, 0.15) is 5.75 Å². The van der Waals surface area contributed by atoms with Gasteiger partial charge in [-0.15, -0.1) is 0 Å². The van der Waals surface area contributed by atoms with Gasteiger partial charge in [0.15, 0.2) is 0 Å². The highest BCUT2D eigenvalue weighted by Crippen LogP contribution is 2.29. The molecule has 3 heteroatoms. The average molecular weight is 425 g/mol. The predicted molar refractivity (Wildman–Crippen MR) is 132 cm³/mol. The van der Waals surface area contributed by atoms with Gasteiger partial charge in [-0.05, 0) is 48.5 Å². The quantitative estimate of drug-likeness (QED) is 0.237. The normalized spacial score (nSPS) is 11.2. The smallest absolute Gasteiger partial charge is 0.119 e. The Hall–Kier alpha value is -0.280. The van der Waals surface area contributed by atoms with E-state index >= 15 is 0 Å². The number of aryl methyl sites for hydroxylation is 1. The zero-order chi connectivity index (χ0) is 20.5. The van der Waals surface area contributed by atoms with Crippen molar-refractivity contribution in [1.29, 1.82) is 0 Å². The van der Waals surface area contributed by atoms with E-state index in [1.165, 1.54) is 99.7 Å². The molecule has 1 aromatic rings. The van der Waals surface area contributed by atoms with Crippen molar-refractivity contribution >= 4 is 23.5 Å². The first-order chi connectivity index (χ1) is 13.7. The summed E-state index contributed by atoms with van der Waals surface area (Å²) < 4.78 is 0. The molecule has 0 fully saturated rings. The van der Waals surface area contributed by atoms with Crippen molar-refractivity contribution in [3.63, 3.8) is 0 Å². The van der Waals surface area contributed by atoms with Gasteiger partial charge in [0, 0.05) is 17.1 Å². The molecule has 0 radical (unpaired) electrons. The highest BCUT2D eigenvalue weighted by molar-refractivity contribution is 7.98. The molecule has 0 saturated carbocycles. The Balaban J connectivity index is 2.24. The van der Waals surface area contributed by atoms with Crippen molar-refractivity contribution in [1.82, 2.24) is 0 Å². The summed E-state index contributed by atoms with van der Waals surface area (Å²) in [7, 11) is 0. The third-order valence-electron chi connectivity index (χ3n) is 5.34. The van der Waals surface area contributed by atoms with E-state index in [2.05, 4.69) is 38.6 Å². The highest BCUT2D eigenvalue weighted by Gasteiger charge is 2.07. The van der Waals surface area contributed by atoms with Crippen LogP contribution in [0.2, 0.25) is 0 Å². The number of benzene rings is 1. The number of hydrogen-bond acceptors (Lipinski definition) is 3. The first-order valence-corrected chi connectivity index (χ1v) is 14.0. The van der Waals surface area contributed by atoms with Gasteiger partial charge in [-0.2, -0.15) is 23.5 Å². The van der Waals surface area contributed by atoms with E-state index in [1.54, 1.807) is 0 Å². The maximum atomic E-state index is 10.3. The van der Waals surface area contributed by atoms with Crippen molar-refractivity contribution in [3.05, 3.63) is 28.8 Å². The second-order valence-electron chi connectivity index (χ2n) is 8.05. The van der Waals surface area contributed by atoms with Crippen LogP contribution in [0, 0.1) is 6.92 Å². The summed E-state index contributed by atoms with van der Waals surface area (Å²) in [6.07, 6.45) is 16.4. The standard InChI is InChI=1S/C25H44OS2/c1-4-6-8-10-12-14-16-27-20-23-19-24(25(26)18-22(23)3)21-28-17-15-13-11-9-7-5-2/h18-19,26H,4-17,20-21H2,1-3H3. The molecule has 0 saturated heterocycles. The van der Waals surface area contributed by atoms with Crippen LogP contribution in [-0.2, 0) is 11.5 Å². The van der Waals surface area contributed by atoms with Crippen LogP contribution in [0.1, 0.15) is 108 Å². The zero-order valence-electron chi connectivity index (χ0n) is 18.7. The lowest BCUT2D eigenvalue weighted by atomic mass is 10.1. The van der Waals surface area contributed by atoms with Crippen molar-refractivity contribution in [2.75, 3.05) is 11.5 Å². The number of phenols is 1. The summed E-state index contributed by atoms with van der Waals surface area (Å²) in [6.45, 7) is 6.68. The molecule has 0 heterocycles. The Bertz CT molecular complexity index is 460. The highest BCUT2D eigenvalue weighted by atomic mass is 32.2. The van der Waals surface area contributed by atoms with Crippen molar-refractivity contribution < 1.29 is 5.11 Å². The van der Waals surface area contributed by atoms with Crippen LogP contribution in [0.3, 0.4) is 0 Å². The molecule has 0 unspecified atom stereocenters. The Kier molecular flexibility index (Phi) is 16.2. The van der Waals surface area contributed by atoms with Gasteiger partial charge in [-0.3, -0.25) is 0 Å². The third-order valence-corrected chi connectivity index (χ3v) is 7.52. The Morgan fingerprint density at radius 2 is 1.11 bits per heavy atom. The molecule has 28 heavy (non-hydrogen) atoms. The Labute approximate surface area is 183 Å². The number of hydrogen-bond donors (Lipinski definition) is 1. The van der Waals surface area contributed by atoms with Crippen molar-refractivity contribution in [3.8, 4) is 5.75 Å². The van der Waals surface area contributed by atoms with Gasteiger partial charge < -0.3 is 5.11 Å². The van der Waals surface area contributed by atoms with Gasteiger partial charge >= 0.3 is 0 Å². The van der Waals surface area contributed by atoms with Crippen LogP contribution in [-0.4, -0.2) is 16.6 Å². The molecule has 1 rings (SSSR count). The van der Waals surface area contributed by atoms with Gasteiger partial charge in [-0.1, -0.05) is 84.1 Å². The van der Waals surface area contributed by atoms with Crippen LogP contribution in [0.5, 0.6) is 5.75 Å². The fraction of sp³-hybridized carbons (Fsp3) is 0.760. The molecule has 1 N–H and O–H groups in total. The largest absolute Gasteiger partial charge is 0.508 e. The number of rotatable bonds is 18. The van der Waals surface area contributed by atoms with Gasteiger partial charge in [0.25, 0.3) is 0 Å². The minimum Gasteiger partial charge on any atom is -0.508 e. The minimum absolute atomic E-state index is 0.484. The number of phenolic OH excluding ortho intramolecular Hbond substituents is 1. The van der Waals surface area contributed by atoms with E-state index in [9.17, 15) is 5.11 Å². The molecule has 162 valence electrons. The second kappa shape index (κ2) is 17.6. The molecule has 0 atom stereocenters. The summed E-state index contributed by atoms with van der Waals surface area (Å²) in [6, 6.07) is 4.23. The SMILES string of the molecule is CCCCCCCCSCc1cc(CSCCCCCCCC)c(O)cc1C. The molecule has 0 bridgehead atoms. The molecule has 0 amide bonds. The van der Waals surface area contributed by atoms with E-state index in [-0.39, 0.29) is 0 Å². The molecule has 1 aromatic carbocycles. The van der Waals surface area contributed by atoms with Crippen LogP contribution >= 0.6 is 23.5 Å². The van der Waals surface area contributed by atoms with E-state index in [1.807, 2.05) is 17.8 Å².